The minimum atomic E-state index is -0.284. The van der Waals surface area contributed by atoms with E-state index in [2.05, 4.69) is 77.1 Å². The Bertz CT molecular complexity index is 677. The Labute approximate surface area is 149 Å². The van der Waals surface area contributed by atoms with Crippen LogP contribution in [0.4, 0.5) is 0 Å². The second-order valence-corrected chi connectivity index (χ2v) is 6.46. The van der Waals surface area contributed by atoms with Crippen LogP contribution in [0.25, 0.3) is 0 Å². The van der Waals surface area contributed by atoms with Crippen LogP contribution in [-0.4, -0.2) is 30.2 Å². The number of carbonyl (C=O) groups is 1. The first-order valence-corrected chi connectivity index (χ1v) is 8.82. The van der Waals surface area contributed by atoms with Gasteiger partial charge in [-0.05, 0) is 36.0 Å². The maximum atomic E-state index is 11.3. The van der Waals surface area contributed by atoms with E-state index in [-0.39, 0.29) is 5.91 Å². The molecule has 0 radical (unpaired) electrons. The molecule has 1 saturated heterocycles. The molecule has 1 amide bonds. The lowest BCUT2D eigenvalue weighted by Gasteiger charge is -2.35. The van der Waals surface area contributed by atoms with Gasteiger partial charge in [0.15, 0.2) is 0 Å². The normalized spacial score (nSPS) is 15.6. The Balaban J connectivity index is 1.74. The molecule has 3 heteroatoms. The van der Waals surface area contributed by atoms with Gasteiger partial charge in [0, 0.05) is 19.0 Å². The molecule has 3 rings (SSSR count). The van der Waals surface area contributed by atoms with E-state index in [0.717, 1.165) is 25.9 Å². The van der Waals surface area contributed by atoms with Crippen molar-refractivity contribution < 1.29 is 4.79 Å². The Morgan fingerprint density at radius 1 is 1.00 bits per heavy atom. The van der Waals surface area contributed by atoms with Gasteiger partial charge in [-0.2, -0.15) is 0 Å². The third kappa shape index (κ3) is 4.44. The highest BCUT2D eigenvalue weighted by molar-refractivity contribution is 5.92. The summed E-state index contributed by atoms with van der Waals surface area (Å²) in [5, 5.41) is 0. The van der Waals surface area contributed by atoms with E-state index in [0.29, 0.717) is 11.8 Å². The van der Waals surface area contributed by atoms with Gasteiger partial charge in [0.2, 0.25) is 0 Å². The van der Waals surface area contributed by atoms with Crippen LogP contribution in [0.3, 0.4) is 0 Å². The fourth-order valence-corrected chi connectivity index (χ4v) is 3.62. The first-order chi connectivity index (χ1) is 12.3. The number of carbonyl (C=O) groups excluding carboxylic acids is 1. The van der Waals surface area contributed by atoms with Gasteiger partial charge in [-0.3, -0.25) is 4.79 Å². The maximum absolute atomic E-state index is 11.3. The van der Waals surface area contributed by atoms with Crippen molar-refractivity contribution in [1.29, 1.82) is 0 Å². The summed E-state index contributed by atoms with van der Waals surface area (Å²) in [4.78, 5) is 17.3. The number of aliphatic imine (C=N–C) groups is 1. The molecule has 0 aliphatic carbocycles. The van der Waals surface area contributed by atoms with E-state index in [1.165, 1.54) is 17.2 Å². The summed E-state index contributed by atoms with van der Waals surface area (Å²) in [5.41, 5.74) is 2.75. The number of likely N-dealkylation sites (tertiary alicyclic amines) is 1. The molecule has 2 aromatic rings. The molecular weight excluding hydrogens is 308 g/mol. The smallest absolute Gasteiger partial charge is 0.270 e. The third-order valence-corrected chi connectivity index (χ3v) is 4.89. The minimum absolute atomic E-state index is 0.284. The summed E-state index contributed by atoms with van der Waals surface area (Å²) in [6, 6.07) is 21.5. The zero-order valence-corrected chi connectivity index (χ0v) is 14.4. The molecule has 1 heterocycles. The van der Waals surface area contributed by atoms with Crippen molar-refractivity contribution in [1.82, 2.24) is 4.90 Å². The summed E-state index contributed by atoms with van der Waals surface area (Å²) >= 11 is 0. The number of hydrogen-bond acceptors (Lipinski definition) is 1. The summed E-state index contributed by atoms with van der Waals surface area (Å²) < 4.78 is 0. The van der Waals surface area contributed by atoms with E-state index >= 15 is 0 Å². The number of benzene rings is 2. The fourth-order valence-electron chi connectivity index (χ4n) is 3.62. The third-order valence-electron chi connectivity index (χ3n) is 4.89. The molecule has 0 atom stereocenters. The molecule has 128 valence electrons. The van der Waals surface area contributed by atoms with Crippen molar-refractivity contribution in [2.45, 2.75) is 18.8 Å². The van der Waals surface area contributed by atoms with Crippen LogP contribution in [0.5, 0.6) is 0 Å². The highest BCUT2D eigenvalue weighted by Crippen LogP contribution is 2.37. The summed E-state index contributed by atoms with van der Waals surface area (Å²) in [6.07, 6.45) is 5.08. The highest BCUT2D eigenvalue weighted by atomic mass is 16.1. The second-order valence-electron chi connectivity index (χ2n) is 6.46. The SMILES string of the molecule is C=CC(=O)/N=C/N1CCC(C(c2ccccc2)c2ccccc2)CC1. The largest absolute Gasteiger partial charge is 0.362 e. The molecule has 25 heavy (non-hydrogen) atoms. The van der Waals surface area contributed by atoms with Gasteiger partial charge < -0.3 is 4.90 Å². The standard InChI is InChI=1S/C22H24N2O/c1-2-21(25)23-17-24-15-13-20(14-16-24)22(18-9-5-3-6-10-18)19-11-7-4-8-12-19/h2-12,17,20,22H,1,13-16H2/b23-17+. The van der Waals surface area contributed by atoms with Crippen LogP contribution in [0.2, 0.25) is 0 Å². The number of hydrogen-bond donors (Lipinski definition) is 0. The second kappa shape index (κ2) is 8.43. The van der Waals surface area contributed by atoms with Crippen molar-refractivity contribution in [2.24, 2.45) is 10.9 Å². The van der Waals surface area contributed by atoms with Crippen LogP contribution in [0.15, 0.2) is 78.3 Å². The first-order valence-electron chi connectivity index (χ1n) is 8.82. The van der Waals surface area contributed by atoms with Crippen LogP contribution >= 0.6 is 0 Å². The topological polar surface area (TPSA) is 32.7 Å². The van der Waals surface area contributed by atoms with Crippen LogP contribution < -0.4 is 0 Å². The monoisotopic (exact) mass is 332 g/mol. The van der Waals surface area contributed by atoms with Crippen LogP contribution in [0.1, 0.15) is 29.9 Å². The number of piperidine rings is 1. The van der Waals surface area contributed by atoms with Crippen molar-refractivity contribution >= 4 is 12.2 Å². The first kappa shape index (κ1) is 17.2. The van der Waals surface area contributed by atoms with E-state index in [9.17, 15) is 4.79 Å². The van der Waals surface area contributed by atoms with Gasteiger partial charge >= 0.3 is 0 Å². The summed E-state index contributed by atoms with van der Waals surface area (Å²) in [6.45, 7) is 5.30. The average Bonchev–Trinajstić information content (AvgIpc) is 2.69. The van der Waals surface area contributed by atoms with E-state index in [1.807, 2.05) is 0 Å². The maximum Gasteiger partial charge on any atom is 0.270 e. The van der Waals surface area contributed by atoms with E-state index in [1.54, 1.807) is 6.34 Å². The number of nitrogens with zero attached hydrogens (tertiary/aromatic N) is 2. The van der Waals surface area contributed by atoms with Gasteiger partial charge in [0.05, 0.1) is 6.34 Å². The van der Waals surface area contributed by atoms with Crippen molar-refractivity contribution in [2.75, 3.05) is 13.1 Å². The van der Waals surface area contributed by atoms with Crippen molar-refractivity contribution in [3.63, 3.8) is 0 Å². The molecule has 1 fully saturated rings. The van der Waals surface area contributed by atoms with Crippen LogP contribution in [0, 0.1) is 5.92 Å². The van der Waals surface area contributed by atoms with Crippen LogP contribution in [-0.2, 0) is 4.79 Å². The highest BCUT2D eigenvalue weighted by Gasteiger charge is 2.28. The predicted octanol–water partition coefficient (Wildman–Crippen LogP) is 4.27. The molecule has 0 saturated carbocycles. The van der Waals surface area contributed by atoms with Crippen molar-refractivity contribution in [3.8, 4) is 0 Å². The molecule has 0 bridgehead atoms. The summed E-state index contributed by atoms with van der Waals surface area (Å²) in [7, 11) is 0. The van der Waals surface area contributed by atoms with Gasteiger partial charge in [0.1, 0.15) is 0 Å². The lowest BCUT2D eigenvalue weighted by Crippen LogP contribution is -2.35. The molecule has 0 spiro atoms. The molecular formula is C22H24N2O. The van der Waals surface area contributed by atoms with Gasteiger partial charge in [-0.25, -0.2) is 4.99 Å². The lowest BCUT2D eigenvalue weighted by atomic mass is 9.76. The zero-order valence-electron chi connectivity index (χ0n) is 14.4. The Hall–Kier alpha value is -2.68. The fraction of sp³-hybridized carbons (Fsp3) is 0.273. The molecule has 0 unspecified atom stereocenters. The average molecular weight is 332 g/mol. The van der Waals surface area contributed by atoms with Gasteiger partial charge in [-0.1, -0.05) is 67.2 Å². The van der Waals surface area contributed by atoms with E-state index in [4.69, 9.17) is 0 Å². The predicted molar refractivity (Wildman–Crippen MR) is 103 cm³/mol. The molecule has 0 N–H and O–H groups in total. The quantitative estimate of drug-likeness (QED) is 0.465. The molecule has 3 nitrogen and oxygen atoms in total. The Morgan fingerprint density at radius 2 is 1.52 bits per heavy atom. The minimum Gasteiger partial charge on any atom is -0.362 e. The number of rotatable bonds is 5. The summed E-state index contributed by atoms with van der Waals surface area (Å²) in [5.74, 6) is 0.717. The Morgan fingerprint density at radius 3 is 2.00 bits per heavy atom. The van der Waals surface area contributed by atoms with Crippen molar-refractivity contribution in [3.05, 3.63) is 84.4 Å². The van der Waals surface area contributed by atoms with E-state index < -0.39 is 0 Å². The molecule has 2 aromatic carbocycles. The molecule has 1 aliphatic rings. The molecule has 1 aliphatic heterocycles. The molecule has 0 aromatic heterocycles. The lowest BCUT2D eigenvalue weighted by molar-refractivity contribution is -0.113. The van der Waals surface area contributed by atoms with Gasteiger partial charge in [-0.15, -0.1) is 0 Å². The number of amides is 1. The Kier molecular flexibility index (Phi) is 5.78. The van der Waals surface area contributed by atoms with Gasteiger partial charge in [0.25, 0.3) is 5.91 Å². The zero-order chi connectivity index (χ0) is 17.5.